The summed E-state index contributed by atoms with van der Waals surface area (Å²) in [5, 5.41) is 0. The van der Waals surface area contributed by atoms with E-state index in [9.17, 15) is 35.5 Å². The van der Waals surface area contributed by atoms with Gasteiger partial charge in [-0.1, -0.05) is 6.07 Å². The monoisotopic (exact) mass is 533 g/mol. The van der Waals surface area contributed by atoms with Crippen LogP contribution in [0.25, 0.3) is 0 Å². The molecule has 0 saturated carbocycles. The van der Waals surface area contributed by atoms with Gasteiger partial charge in [0.05, 0.1) is 23.2 Å². The second kappa shape index (κ2) is 10.5. The highest BCUT2D eigenvalue weighted by Gasteiger charge is 2.42. The third kappa shape index (κ3) is 6.37. The van der Waals surface area contributed by atoms with E-state index in [1.54, 1.807) is 17.9 Å². The molecule has 0 N–H and O–H groups in total. The first-order chi connectivity index (χ1) is 17.0. The lowest BCUT2D eigenvalue weighted by Crippen LogP contribution is -2.43. The highest BCUT2D eigenvalue weighted by molar-refractivity contribution is 5.76. The number of rotatable bonds is 5. The number of aryl methyl sites for hydroxylation is 1. The van der Waals surface area contributed by atoms with Crippen molar-refractivity contribution in [3.8, 4) is 0 Å². The van der Waals surface area contributed by atoms with Crippen LogP contribution in [0.1, 0.15) is 53.2 Å². The van der Waals surface area contributed by atoms with Gasteiger partial charge in [0.15, 0.2) is 0 Å². The minimum Gasteiger partial charge on any atom is -0.321 e. The van der Waals surface area contributed by atoms with Crippen LogP contribution >= 0.6 is 0 Å². The molecule has 2 amide bonds. The zero-order chi connectivity index (χ0) is 27.9. The molecule has 1 saturated heterocycles. The van der Waals surface area contributed by atoms with Crippen molar-refractivity contribution >= 4 is 6.03 Å². The highest BCUT2D eigenvalue weighted by atomic mass is 19.4. The maximum atomic E-state index is 13.8. The Kier molecular flexibility index (Phi) is 8.16. The van der Waals surface area contributed by atoms with Crippen LogP contribution < -0.4 is 0 Å². The first kappa shape index (κ1) is 28.7. The third-order valence-electron chi connectivity index (χ3n) is 6.89. The van der Waals surface area contributed by atoms with Crippen molar-refractivity contribution in [2.24, 2.45) is 5.92 Å². The third-order valence-corrected chi connectivity index (χ3v) is 6.89. The van der Waals surface area contributed by atoms with Crippen molar-refractivity contribution in [2.45, 2.75) is 44.7 Å². The smallest absolute Gasteiger partial charge is 0.321 e. The van der Waals surface area contributed by atoms with Gasteiger partial charge >= 0.3 is 18.4 Å². The lowest BCUT2D eigenvalue weighted by atomic mass is 9.90. The van der Waals surface area contributed by atoms with Crippen LogP contribution in [0.15, 0.2) is 36.4 Å². The average molecular weight is 534 g/mol. The molecular weight excluding hydrogens is 503 g/mol. The zero-order valence-electron chi connectivity index (χ0n) is 21.2. The molecule has 4 nitrogen and oxygen atoms in total. The molecular formula is C26H30F7N3O. The minimum atomic E-state index is -4.99. The van der Waals surface area contributed by atoms with E-state index < -0.39 is 47.4 Å². The zero-order valence-corrected chi connectivity index (χ0v) is 21.2. The van der Waals surface area contributed by atoms with Crippen LogP contribution in [-0.2, 0) is 12.4 Å². The van der Waals surface area contributed by atoms with Crippen molar-refractivity contribution in [1.29, 1.82) is 0 Å². The van der Waals surface area contributed by atoms with E-state index in [2.05, 4.69) is 0 Å². The molecule has 1 heterocycles. The number of urea groups is 1. The summed E-state index contributed by atoms with van der Waals surface area (Å²) in [5.74, 6) is -0.422. The number of amides is 2. The van der Waals surface area contributed by atoms with Gasteiger partial charge in [-0.3, -0.25) is 0 Å². The maximum Gasteiger partial charge on any atom is 0.416 e. The number of carbonyl (C=O) groups is 1. The minimum absolute atomic E-state index is 0.00259. The Hall–Kier alpha value is -2.82. The number of hydrogen-bond donors (Lipinski definition) is 0. The molecule has 1 aliphatic rings. The molecule has 0 radical (unpaired) electrons. The lowest BCUT2D eigenvalue weighted by molar-refractivity contribution is -0.143. The van der Waals surface area contributed by atoms with E-state index >= 15 is 0 Å². The van der Waals surface area contributed by atoms with Crippen molar-refractivity contribution in [3.63, 3.8) is 0 Å². The maximum absolute atomic E-state index is 13.8. The largest absolute Gasteiger partial charge is 0.416 e. The molecule has 3 atom stereocenters. The second-order valence-electron chi connectivity index (χ2n) is 9.86. The number of likely N-dealkylation sites (tertiary alicyclic amines) is 1. The van der Waals surface area contributed by atoms with E-state index in [4.69, 9.17) is 0 Å². The lowest BCUT2D eigenvalue weighted by Gasteiger charge is -2.36. The van der Waals surface area contributed by atoms with E-state index in [1.165, 1.54) is 26.1 Å². The van der Waals surface area contributed by atoms with Gasteiger partial charge in [0.2, 0.25) is 0 Å². The Morgan fingerprint density at radius 1 is 1.00 bits per heavy atom. The number of nitrogens with zero attached hydrogens (tertiary/aromatic N) is 3. The van der Waals surface area contributed by atoms with E-state index in [0.717, 1.165) is 10.5 Å². The van der Waals surface area contributed by atoms with Crippen LogP contribution in [-0.4, -0.2) is 55.0 Å². The van der Waals surface area contributed by atoms with Crippen molar-refractivity contribution < 1.29 is 35.5 Å². The van der Waals surface area contributed by atoms with E-state index in [1.807, 2.05) is 19.0 Å². The molecule has 11 heteroatoms. The summed E-state index contributed by atoms with van der Waals surface area (Å²) in [6, 6.07) is 3.60. The van der Waals surface area contributed by atoms with Crippen LogP contribution in [0.3, 0.4) is 0 Å². The molecule has 2 aromatic carbocycles. The molecule has 3 unspecified atom stereocenters. The van der Waals surface area contributed by atoms with Crippen molar-refractivity contribution in [1.82, 2.24) is 14.7 Å². The highest BCUT2D eigenvalue weighted by Crippen LogP contribution is 2.42. The summed E-state index contributed by atoms with van der Waals surface area (Å²) in [6.45, 7) is 4.10. The first-order valence-electron chi connectivity index (χ1n) is 11.7. The van der Waals surface area contributed by atoms with Gasteiger partial charge in [0, 0.05) is 20.1 Å². The number of benzene rings is 2. The molecule has 0 bridgehead atoms. The summed E-state index contributed by atoms with van der Waals surface area (Å²) in [6.07, 6.45) is -9.34. The molecule has 37 heavy (non-hydrogen) atoms. The Balaban J connectivity index is 1.98. The second-order valence-corrected chi connectivity index (χ2v) is 9.86. The summed E-state index contributed by atoms with van der Waals surface area (Å²) < 4.78 is 94.0. The Bertz CT molecular complexity index is 1100. The van der Waals surface area contributed by atoms with Crippen molar-refractivity contribution in [3.05, 3.63) is 70.0 Å². The fourth-order valence-corrected chi connectivity index (χ4v) is 4.94. The average Bonchev–Trinajstić information content (AvgIpc) is 3.18. The normalized spacial score (nSPS) is 19.4. The van der Waals surface area contributed by atoms with Gasteiger partial charge in [-0.2, -0.15) is 26.3 Å². The molecule has 1 aliphatic heterocycles. The quantitative estimate of drug-likeness (QED) is 0.391. The molecule has 0 aromatic heterocycles. The SMILES string of the molecule is Cc1cc(F)ccc1C1C(CN(C)C)CCN1C(=O)N(C)C(C)c1cc(C(F)(F)F)cc(C(F)(F)F)c1. The van der Waals surface area contributed by atoms with Crippen LogP contribution in [0.5, 0.6) is 0 Å². The number of carbonyl (C=O) groups excluding carboxylic acids is 1. The number of halogens is 7. The number of hydrogen-bond acceptors (Lipinski definition) is 2. The van der Waals surface area contributed by atoms with Crippen LogP contribution in [0, 0.1) is 18.7 Å². The fourth-order valence-electron chi connectivity index (χ4n) is 4.94. The van der Waals surface area contributed by atoms with Gasteiger partial charge < -0.3 is 14.7 Å². The van der Waals surface area contributed by atoms with Gasteiger partial charge in [0.1, 0.15) is 5.82 Å². The molecule has 0 aliphatic carbocycles. The van der Waals surface area contributed by atoms with Gasteiger partial charge in [-0.15, -0.1) is 0 Å². The Morgan fingerprint density at radius 2 is 1.57 bits per heavy atom. The number of alkyl halides is 6. The topological polar surface area (TPSA) is 26.8 Å². The predicted molar refractivity (Wildman–Crippen MR) is 125 cm³/mol. The first-order valence-corrected chi connectivity index (χ1v) is 11.7. The standard InChI is InChI=1S/C26H30F7N3O/c1-15-10-21(27)6-7-22(15)23-17(14-34(3)4)8-9-36(23)24(37)35(5)16(2)18-11-19(25(28,29)30)13-20(12-18)26(31,32)33/h6-7,10-13,16-17,23H,8-9,14H2,1-5H3. The molecule has 204 valence electrons. The van der Waals surface area contributed by atoms with Crippen LogP contribution in [0.2, 0.25) is 0 Å². The summed E-state index contributed by atoms with van der Waals surface area (Å²) in [7, 11) is 5.13. The molecule has 0 spiro atoms. The van der Waals surface area contributed by atoms with Crippen LogP contribution in [0.4, 0.5) is 35.5 Å². The van der Waals surface area contributed by atoms with Gasteiger partial charge in [0.25, 0.3) is 0 Å². The van der Waals surface area contributed by atoms with E-state index in [-0.39, 0.29) is 17.5 Å². The van der Waals surface area contributed by atoms with Crippen molar-refractivity contribution in [2.75, 3.05) is 34.2 Å². The fraction of sp³-hybridized carbons (Fsp3) is 0.500. The molecule has 1 fully saturated rings. The molecule has 3 rings (SSSR count). The summed E-state index contributed by atoms with van der Waals surface area (Å²) in [4.78, 5) is 18.3. The Labute approximate surface area is 211 Å². The Morgan fingerprint density at radius 3 is 2.05 bits per heavy atom. The predicted octanol–water partition coefficient (Wildman–Crippen LogP) is 6.91. The van der Waals surface area contributed by atoms with Gasteiger partial charge in [-0.05, 0) is 87.3 Å². The molecule has 2 aromatic rings. The van der Waals surface area contributed by atoms with Gasteiger partial charge in [-0.25, -0.2) is 9.18 Å². The summed E-state index contributed by atoms with van der Waals surface area (Å²) in [5.41, 5.74) is -1.75. The van der Waals surface area contributed by atoms with E-state index in [0.29, 0.717) is 37.2 Å². The summed E-state index contributed by atoms with van der Waals surface area (Å²) >= 11 is 0.